The minimum Gasteiger partial charge on any atom is -0.497 e. The highest BCUT2D eigenvalue weighted by atomic mass is 16.5. The van der Waals surface area contributed by atoms with Crippen molar-refractivity contribution in [2.24, 2.45) is 4.99 Å². The first kappa shape index (κ1) is 15.6. The smallest absolute Gasteiger partial charge is 0.163 e. The number of aryl methyl sites for hydroxylation is 1. The SMILES string of the molecule is COc1ccc(C2=Nc3c(C)noc3CC(c3ccccc3)C2)cc1. The Morgan fingerprint density at radius 2 is 1.76 bits per heavy atom. The first-order chi connectivity index (χ1) is 12.2. The van der Waals surface area contributed by atoms with Gasteiger partial charge in [-0.1, -0.05) is 35.5 Å². The summed E-state index contributed by atoms with van der Waals surface area (Å²) < 4.78 is 10.8. The van der Waals surface area contributed by atoms with E-state index in [0.29, 0.717) is 5.92 Å². The van der Waals surface area contributed by atoms with Crippen molar-refractivity contribution in [1.82, 2.24) is 5.16 Å². The van der Waals surface area contributed by atoms with Crippen molar-refractivity contribution in [3.63, 3.8) is 0 Å². The van der Waals surface area contributed by atoms with Crippen molar-refractivity contribution >= 4 is 11.4 Å². The van der Waals surface area contributed by atoms with Crippen LogP contribution in [0.1, 0.15) is 34.9 Å². The summed E-state index contributed by atoms with van der Waals surface area (Å²) >= 11 is 0. The Kier molecular flexibility index (Phi) is 4.10. The molecule has 0 N–H and O–H groups in total. The number of ether oxygens (including phenoxy) is 1. The molecule has 3 aromatic rings. The minimum absolute atomic E-state index is 0.315. The molecule has 1 aliphatic rings. The fourth-order valence-electron chi connectivity index (χ4n) is 3.33. The van der Waals surface area contributed by atoms with Crippen molar-refractivity contribution in [1.29, 1.82) is 0 Å². The molecule has 1 unspecified atom stereocenters. The lowest BCUT2D eigenvalue weighted by atomic mass is 9.88. The summed E-state index contributed by atoms with van der Waals surface area (Å²) in [5, 5.41) is 4.12. The highest BCUT2D eigenvalue weighted by Gasteiger charge is 2.25. The predicted molar refractivity (Wildman–Crippen MR) is 97.9 cm³/mol. The normalized spacial score (nSPS) is 16.7. The number of benzene rings is 2. The van der Waals surface area contributed by atoms with E-state index in [4.69, 9.17) is 14.3 Å². The third kappa shape index (κ3) is 3.07. The van der Waals surface area contributed by atoms with Crippen LogP contribution in [0.15, 0.2) is 64.1 Å². The van der Waals surface area contributed by atoms with Crippen LogP contribution in [-0.2, 0) is 6.42 Å². The van der Waals surface area contributed by atoms with Gasteiger partial charge in [0.1, 0.15) is 17.1 Å². The van der Waals surface area contributed by atoms with Gasteiger partial charge in [0.05, 0.1) is 7.11 Å². The number of nitrogens with zero attached hydrogens (tertiary/aromatic N) is 2. The lowest BCUT2D eigenvalue weighted by Gasteiger charge is -2.15. The zero-order chi connectivity index (χ0) is 17.2. The molecule has 0 aliphatic carbocycles. The summed E-state index contributed by atoms with van der Waals surface area (Å²) in [6, 6.07) is 18.6. The zero-order valence-electron chi connectivity index (χ0n) is 14.4. The highest BCUT2D eigenvalue weighted by molar-refractivity contribution is 6.03. The number of methoxy groups -OCH3 is 1. The van der Waals surface area contributed by atoms with Gasteiger partial charge in [-0.05, 0) is 54.7 Å². The van der Waals surface area contributed by atoms with Gasteiger partial charge in [-0.3, -0.25) is 0 Å². The molecule has 0 amide bonds. The summed E-state index contributed by atoms with van der Waals surface area (Å²) in [6.07, 6.45) is 1.67. The fourth-order valence-corrected chi connectivity index (χ4v) is 3.33. The molecule has 0 bridgehead atoms. The van der Waals surface area contributed by atoms with Crippen LogP contribution in [0.3, 0.4) is 0 Å². The third-order valence-corrected chi connectivity index (χ3v) is 4.71. The molecule has 1 aliphatic heterocycles. The summed E-state index contributed by atoms with van der Waals surface area (Å²) in [4.78, 5) is 4.92. The first-order valence-electron chi connectivity index (χ1n) is 8.46. The van der Waals surface area contributed by atoms with Crippen LogP contribution in [0.2, 0.25) is 0 Å². The van der Waals surface area contributed by atoms with Gasteiger partial charge < -0.3 is 9.26 Å². The van der Waals surface area contributed by atoms with Crippen molar-refractivity contribution in [2.45, 2.75) is 25.7 Å². The Morgan fingerprint density at radius 1 is 1.00 bits per heavy atom. The van der Waals surface area contributed by atoms with Crippen molar-refractivity contribution < 1.29 is 9.26 Å². The van der Waals surface area contributed by atoms with E-state index in [9.17, 15) is 0 Å². The molecule has 2 heterocycles. The van der Waals surface area contributed by atoms with E-state index in [-0.39, 0.29) is 0 Å². The van der Waals surface area contributed by atoms with Crippen LogP contribution in [-0.4, -0.2) is 18.0 Å². The zero-order valence-corrected chi connectivity index (χ0v) is 14.4. The van der Waals surface area contributed by atoms with Gasteiger partial charge in [-0.2, -0.15) is 0 Å². The van der Waals surface area contributed by atoms with Crippen LogP contribution >= 0.6 is 0 Å². The average Bonchev–Trinajstić information content (AvgIpc) is 2.90. The molecular weight excluding hydrogens is 312 g/mol. The number of aliphatic imine (C=N–C) groups is 1. The molecule has 4 heteroatoms. The lowest BCUT2D eigenvalue weighted by molar-refractivity contribution is 0.373. The van der Waals surface area contributed by atoms with E-state index >= 15 is 0 Å². The monoisotopic (exact) mass is 332 g/mol. The number of fused-ring (bicyclic) bond motifs is 1. The Hall–Kier alpha value is -2.88. The van der Waals surface area contributed by atoms with E-state index in [2.05, 4.69) is 41.6 Å². The second-order valence-electron chi connectivity index (χ2n) is 6.34. The lowest BCUT2D eigenvalue weighted by Crippen LogP contribution is -2.09. The quantitative estimate of drug-likeness (QED) is 0.689. The topological polar surface area (TPSA) is 47.6 Å². The number of hydrogen-bond donors (Lipinski definition) is 0. The first-order valence-corrected chi connectivity index (χ1v) is 8.46. The molecule has 1 atom stereocenters. The van der Waals surface area contributed by atoms with Crippen LogP contribution < -0.4 is 4.74 Å². The van der Waals surface area contributed by atoms with Crippen molar-refractivity contribution in [2.75, 3.05) is 7.11 Å². The second kappa shape index (κ2) is 6.55. The molecule has 0 fully saturated rings. The summed E-state index contributed by atoms with van der Waals surface area (Å²) in [7, 11) is 1.68. The minimum atomic E-state index is 0.315. The van der Waals surface area contributed by atoms with E-state index in [1.807, 2.05) is 25.1 Å². The van der Waals surface area contributed by atoms with Crippen LogP contribution in [0.25, 0.3) is 0 Å². The van der Waals surface area contributed by atoms with Gasteiger partial charge in [0.2, 0.25) is 0 Å². The molecule has 0 saturated carbocycles. The molecule has 4 nitrogen and oxygen atoms in total. The van der Waals surface area contributed by atoms with E-state index in [1.54, 1.807) is 7.11 Å². The fraction of sp³-hybridized carbons (Fsp3) is 0.238. The summed E-state index contributed by atoms with van der Waals surface area (Å²) in [5.41, 5.74) is 5.18. The van der Waals surface area contributed by atoms with Gasteiger partial charge in [0.25, 0.3) is 0 Å². The maximum absolute atomic E-state index is 5.56. The summed E-state index contributed by atoms with van der Waals surface area (Å²) in [6.45, 7) is 1.94. The van der Waals surface area contributed by atoms with Gasteiger partial charge >= 0.3 is 0 Å². The van der Waals surface area contributed by atoms with Crippen LogP contribution in [0, 0.1) is 6.92 Å². The molecule has 0 spiro atoms. The van der Waals surface area contributed by atoms with E-state index in [1.165, 1.54) is 5.56 Å². The van der Waals surface area contributed by atoms with Crippen molar-refractivity contribution in [3.05, 3.63) is 77.2 Å². The molecule has 126 valence electrons. The Bertz CT molecular complexity index is 895. The largest absolute Gasteiger partial charge is 0.497 e. The molecule has 4 rings (SSSR count). The van der Waals surface area contributed by atoms with Gasteiger partial charge in [-0.15, -0.1) is 0 Å². The maximum Gasteiger partial charge on any atom is 0.163 e. The predicted octanol–water partition coefficient (Wildman–Crippen LogP) is 4.84. The molecule has 2 aromatic carbocycles. The summed E-state index contributed by atoms with van der Waals surface area (Å²) in [5.74, 6) is 2.03. The maximum atomic E-state index is 5.56. The second-order valence-corrected chi connectivity index (χ2v) is 6.34. The Labute approximate surface area is 147 Å². The Balaban J connectivity index is 1.78. The van der Waals surface area contributed by atoms with Crippen molar-refractivity contribution in [3.8, 4) is 5.75 Å². The standard InChI is InChI=1S/C21H20N2O2/c1-14-21-20(25-23-14)13-17(15-6-4-3-5-7-15)12-19(22-21)16-8-10-18(24-2)11-9-16/h3-11,17H,12-13H2,1-2H3. The van der Waals surface area contributed by atoms with Crippen LogP contribution in [0.4, 0.5) is 5.69 Å². The van der Waals surface area contributed by atoms with E-state index in [0.717, 1.165) is 47.0 Å². The van der Waals surface area contributed by atoms with Gasteiger partial charge in [-0.25, -0.2) is 4.99 Å². The number of hydrogen-bond acceptors (Lipinski definition) is 4. The van der Waals surface area contributed by atoms with Gasteiger partial charge in [0, 0.05) is 12.1 Å². The molecule has 0 radical (unpaired) electrons. The molecular formula is C21H20N2O2. The van der Waals surface area contributed by atoms with Gasteiger partial charge in [0.15, 0.2) is 5.76 Å². The van der Waals surface area contributed by atoms with E-state index < -0.39 is 0 Å². The number of aromatic nitrogens is 1. The number of rotatable bonds is 3. The van der Waals surface area contributed by atoms with Crippen LogP contribution in [0.5, 0.6) is 5.75 Å². The Morgan fingerprint density at radius 3 is 2.48 bits per heavy atom. The average molecular weight is 332 g/mol. The third-order valence-electron chi connectivity index (χ3n) is 4.71. The highest BCUT2D eigenvalue weighted by Crippen LogP contribution is 2.36. The molecule has 1 aromatic heterocycles. The molecule has 0 saturated heterocycles. The molecule has 25 heavy (non-hydrogen) atoms.